The first-order chi connectivity index (χ1) is 16.5. The third-order valence-corrected chi connectivity index (χ3v) is 7.01. The van der Waals surface area contributed by atoms with Gasteiger partial charge in [-0.3, -0.25) is 4.79 Å². The number of anilines is 1. The van der Waals surface area contributed by atoms with Crippen LogP contribution in [0.15, 0.2) is 30.5 Å². The number of primary amides is 1. The van der Waals surface area contributed by atoms with Crippen molar-refractivity contribution in [3.63, 3.8) is 0 Å². The standard InChI is InChI=1S/C25H31N7O2/c1-3-21-20(15-31-14-16-7-5-6-8-18(16)24(31)33)22(19-13-27-32(4-2)23(19)29-21)28-17-9-11-30(12-10-17)25(26)34/h5-8,13,17H,3-4,9-12,14-15H2,1-2H3,(H2,26,34)(H,28,29). The lowest BCUT2D eigenvalue weighted by molar-refractivity contribution is 0.0766. The quantitative estimate of drug-likeness (QED) is 0.586. The molecule has 1 saturated heterocycles. The van der Waals surface area contributed by atoms with Crippen LogP contribution >= 0.6 is 0 Å². The summed E-state index contributed by atoms with van der Waals surface area (Å²) >= 11 is 0. The number of nitrogens with zero attached hydrogens (tertiary/aromatic N) is 5. The number of aromatic nitrogens is 3. The fraction of sp³-hybridized carbons (Fsp3) is 0.440. The van der Waals surface area contributed by atoms with Gasteiger partial charge < -0.3 is 20.9 Å². The second-order valence-electron chi connectivity index (χ2n) is 9.03. The average molecular weight is 462 g/mol. The van der Waals surface area contributed by atoms with Gasteiger partial charge in [0.05, 0.1) is 23.8 Å². The Morgan fingerprint density at radius 2 is 1.97 bits per heavy atom. The van der Waals surface area contributed by atoms with E-state index in [1.807, 2.05) is 40.0 Å². The summed E-state index contributed by atoms with van der Waals surface area (Å²) < 4.78 is 1.91. The molecule has 178 valence electrons. The summed E-state index contributed by atoms with van der Waals surface area (Å²) in [4.78, 5) is 33.3. The normalized spacial score (nSPS) is 16.4. The monoisotopic (exact) mass is 461 g/mol. The van der Waals surface area contributed by atoms with Gasteiger partial charge in [-0.25, -0.2) is 14.5 Å². The zero-order chi connectivity index (χ0) is 23.8. The van der Waals surface area contributed by atoms with Gasteiger partial charge in [-0.1, -0.05) is 25.1 Å². The Hall–Kier alpha value is -3.62. The fourth-order valence-corrected chi connectivity index (χ4v) is 5.12. The number of benzene rings is 1. The van der Waals surface area contributed by atoms with Crippen molar-refractivity contribution < 1.29 is 9.59 Å². The van der Waals surface area contributed by atoms with E-state index >= 15 is 0 Å². The molecule has 2 aromatic heterocycles. The van der Waals surface area contributed by atoms with Gasteiger partial charge in [0.2, 0.25) is 0 Å². The molecule has 2 aliphatic rings. The van der Waals surface area contributed by atoms with E-state index in [1.165, 1.54) is 0 Å². The van der Waals surface area contributed by atoms with Crippen LogP contribution in [0.25, 0.3) is 11.0 Å². The van der Waals surface area contributed by atoms with Gasteiger partial charge in [-0.15, -0.1) is 0 Å². The predicted octanol–water partition coefficient (Wildman–Crippen LogP) is 3.12. The van der Waals surface area contributed by atoms with E-state index in [0.717, 1.165) is 64.9 Å². The zero-order valence-electron chi connectivity index (χ0n) is 19.8. The molecule has 0 unspecified atom stereocenters. The van der Waals surface area contributed by atoms with Crippen molar-refractivity contribution in [1.29, 1.82) is 0 Å². The minimum atomic E-state index is -0.366. The number of carbonyl (C=O) groups excluding carboxylic acids is 2. The molecule has 0 saturated carbocycles. The van der Waals surface area contributed by atoms with Gasteiger partial charge >= 0.3 is 6.03 Å². The van der Waals surface area contributed by atoms with Gasteiger partial charge in [0, 0.05) is 49.0 Å². The Kier molecular flexibility index (Phi) is 5.85. The lowest BCUT2D eigenvalue weighted by Gasteiger charge is -2.33. The highest BCUT2D eigenvalue weighted by atomic mass is 16.2. The molecule has 4 heterocycles. The van der Waals surface area contributed by atoms with E-state index in [-0.39, 0.29) is 18.0 Å². The molecule has 34 heavy (non-hydrogen) atoms. The Morgan fingerprint density at radius 3 is 2.65 bits per heavy atom. The largest absolute Gasteiger partial charge is 0.381 e. The van der Waals surface area contributed by atoms with Crippen LogP contribution in [0, 0.1) is 0 Å². The predicted molar refractivity (Wildman–Crippen MR) is 130 cm³/mol. The number of rotatable bonds is 6. The molecule has 3 aromatic rings. The molecule has 3 amide bonds. The molecule has 9 nitrogen and oxygen atoms in total. The summed E-state index contributed by atoms with van der Waals surface area (Å²) in [7, 11) is 0. The lowest BCUT2D eigenvalue weighted by atomic mass is 10.0. The summed E-state index contributed by atoms with van der Waals surface area (Å²) in [5.74, 6) is 0.0581. The number of nitrogens with one attached hydrogen (secondary N) is 1. The maximum atomic E-state index is 13.1. The van der Waals surface area contributed by atoms with Gasteiger partial charge in [0.15, 0.2) is 5.65 Å². The second-order valence-corrected chi connectivity index (χ2v) is 9.03. The molecule has 1 fully saturated rings. The zero-order valence-corrected chi connectivity index (χ0v) is 19.8. The molecule has 2 aliphatic heterocycles. The summed E-state index contributed by atoms with van der Waals surface area (Å²) in [5.41, 5.74) is 11.2. The van der Waals surface area contributed by atoms with E-state index in [9.17, 15) is 9.59 Å². The van der Waals surface area contributed by atoms with Gasteiger partial charge in [0.25, 0.3) is 5.91 Å². The van der Waals surface area contributed by atoms with Crippen LogP contribution in [0.4, 0.5) is 10.5 Å². The van der Waals surface area contributed by atoms with E-state index in [2.05, 4.69) is 24.3 Å². The molecule has 1 aromatic carbocycles. The number of fused-ring (bicyclic) bond motifs is 2. The van der Waals surface area contributed by atoms with Crippen molar-refractivity contribution >= 4 is 28.7 Å². The van der Waals surface area contributed by atoms with Crippen molar-refractivity contribution in [3.8, 4) is 0 Å². The molecular formula is C25H31N7O2. The van der Waals surface area contributed by atoms with Crippen LogP contribution in [0.2, 0.25) is 0 Å². The molecule has 0 atom stereocenters. The maximum Gasteiger partial charge on any atom is 0.314 e. The summed E-state index contributed by atoms with van der Waals surface area (Å²) in [6.45, 7) is 7.23. The second kappa shape index (κ2) is 8.96. The van der Waals surface area contributed by atoms with Crippen molar-refractivity contribution in [3.05, 3.63) is 52.8 Å². The minimum Gasteiger partial charge on any atom is -0.381 e. The number of hydrogen-bond acceptors (Lipinski definition) is 5. The number of amides is 3. The SMILES string of the molecule is CCc1nc2c(cnn2CC)c(NC2CCN(C(N)=O)CC2)c1CN1Cc2ccccc2C1=O. The summed E-state index contributed by atoms with van der Waals surface area (Å²) in [6, 6.07) is 7.64. The number of hydrogen-bond donors (Lipinski definition) is 2. The number of urea groups is 1. The van der Waals surface area contributed by atoms with E-state index in [4.69, 9.17) is 10.7 Å². The van der Waals surface area contributed by atoms with Crippen molar-refractivity contribution in [2.45, 2.75) is 58.8 Å². The van der Waals surface area contributed by atoms with Crippen LogP contribution in [-0.4, -0.2) is 55.6 Å². The first-order valence-corrected chi connectivity index (χ1v) is 12.1. The summed E-state index contributed by atoms with van der Waals surface area (Å²) in [6.07, 6.45) is 4.24. The van der Waals surface area contributed by atoms with Crippen molar-refractivity contribution in [2.24, 2.45) is 5.73 Å². The highest BCUT2D eigenvalue weighted by Gasteiger charge is 2.30. The van der Waals surface area contributed by atoms with Crippen LogP contribution < -0.4 is 11.1 Å². The Bertz CT molecular complexity index is 1240. The number of piperidine rings is 1. The first kappa shape index (κ1) is 22.2. The van der Waals surface area contributed by atoms with E-state index in [1.54, 1.807) is 4.90 Å². The molecular weight excluding hydrogens is 430 g/mol. The van der Waals surface area contributed by atoms with E-state index < -0.39 is 0 Å². The van der Waals surface area contributed by atoms with Crippen LogP contribution in [0.5, 0.6) is 0 Å². The van der Waals surface area contributed by atoms with Gasteiger partial charge in [-0.05, 0) is 37.8 Å². The Morgan fingerprint density at radius 1 is 1.21 bits per heavy atom. The number of pyridine rings is 1. The Balaban J connectivity index is 1.51. The number of likely N-dealkylation sites (tertiary alicyclic amines) is 1. The van der Waals surface area contributed by atoms with Crippen LogP contribution in [-0.2, 0) is 26.1 Å². The number of aryl methyl sites for hydroxylation is 2. The summed E-state index contributed by atoms with van der Waals surface area (Å²) in [5, 5.41) is 9.29. The highest BCUT2D eigenvalue weighted by Crippen LogP contribution is 2.34. The van der Waals surface area contributed by atoms with Crippen molar-refractivity contribution in [1.82, 2.24) is 24.6 Å². The fourth-order valence-electron chi connectivity index (χ4n) is 5.12. The number of nitrogens with two attached hydrogens (primary N) is 1. The minimum absolute atomic E-state index is 0.0581. The smallest absolute Gasteiger partial charge is 0.314 e. The van der Waals surface area contributed by atoms with Gasteiger partial charge in [-0.2, -0.15) is 5.10 Å². The van der Waals surface area contributed by atoms with E-state index in [0.29, 0.717) is 26.2 Å². The molecule has 0 radical (unpaired) electrons. The molecule has 0 aliphatic carbocycles. The lowest BCUT2D eigenvalue weighted by Crippen LogP contribution is -2.44. The number of carbonyl (C=O) groups is 2. The van der Waals surface area contributed by atoms with Crippen LogP contribution in [0.1, 0.15) is 53.9 Å². The topological polar surface area (TPSA) is 109 Å². The molecule has 9 heteroatoms. The van der Waals surface area contributed by atoms with Gasteiger partial charge in [0.1, 0.15) is 0 Å². The third kappa shape index (κ3) is 3.85. The highest BCUT2D eigenvalue weighted by molar-refractivity contribution is 5.98. The molecule has 5 rings (SSSR count). The first-order valence-electron chi connectivity index (χ1n) is 12.1. The van der Waals surface area contributed by atoms with Crippen LogP contribution in [0.3, 0.4) is 0 Å². The molecule has 0 spiro atoms. The maximum absolute atomic E-state index is 13.1. The Labute approximate surface area is 198 Å². The molecule has 3 N–H and O–H groups in total. The molecule has 0 bridgehead atoms. The van der Waals surface area contributed by atoms with Crippen molar-refractivity contribution in [2.75, 3.05) is 18.4 Å². The average Bonchev–Trinajstić information content (AvgIpc) is 3.41. The third-order valence-electron chi connectivity index (χ3n) is 7.01.